The zero-order valence-electron chi connectivity index (χ0n) is 33.5. The average Bonchev–Trinajstić information content (AvgIpc) is 4.06. The van der Waals surface area contributed by atoms with Gasteiger partial charge in [-0.1, -0.05) is 124 Å². The Labute approximate surface area is 363 Å². The minimum Gasteiger partial charge on any atom is -0.304 e. The van der Waals surface area contributed by atoms with Crippen LogP contribution in [0.3, 0.4) is 0 Å². The van der Waals surface area contributed by atoms with E-state index < -0.39 is 0 Å². The molecule has 10 rings (SSSR count). The summed E-state index contributed by atoms with van der Waals surface area (Å²) in [6.45, 7) is 0. The molecule has 5 nitrogen and oxygen atoms in total. The topological polar surface area (TPSA) is 48.5 Å². The number of hydrogen-bond acceptors (Lipinski definition) is 3. The predicted octanol–water partition coefficient (Wildman–Crippen LogP) is 13.3. The van der Waals surface area contributed by atoms with Gasteiger partial charge in [0.15, 0.2) is 0 Å². The van der Waals surface area contributed by atoms with E-state index in [4.69, 9.17) is 4.98 Å². The van der Waals surface area contributed by atoms with Crippen LogP contribution >= 0.6 is 0 Å². The Morgan fingerprint density at radius 2 is 1.07 bits per heavy atom. The first-order chi connectivity index (χ1) is 28.8. The van der Waals surface area contributed by atoms with Crippen LogP contribution in [0.4, 0.5) is 0 Å². The Hall–Kier alpha value is -5.68. The van der Waals surface area contributed by atoms with Crippen molar-refractivity contribution in [1.29, 1.82) is 0 Å². The first-order valence-electron chi connectivity index (χ1n) is 20.9. The minimum atomic E-state index is 0. The van der Waals surface area contributed by atoms with Crippen LogP contribution in [0, 0.1) is 18.2 Å². The Bertz CT molecular complexity index is 2300. The maximum absolute atomic E-state index is 4.74. The molecular formula is C53H50IrN5. The molecule has 296 valence electrons. The average molecular weight is 949 g/mol. The first-order valence-corrected chi connectivity index (χ1v) is 20.9. The third kappa shape index (κ3) is 11.3. The van der Waals surface area contributed by atoms with Crippen molar-refractivity contribution in [3.63, 3.8) is 0 Å². The summed E-state index contributed by atoms with van der Waals surface area (Å²) in [6, 6.07) is 57.4. The molecular weight excluding hydrogens is 899 g/mol. The molecule has 0 aliphatic heterocycles. The summed E-state index contributed by atoms with van der Waals surface area (Å²) in [5.74, 6) is 1.49. The van der Waals surface area contributed by atoms with Gasteiger partial charge in [-0.05, 0) is 64.1 Å². The van der Waals surface area contributed by atoms with Crippen molar-refractivity contribution in [3.05, 3.63) is 200 Å². The van der Waals surface area contributed by atoms with Crippen molar-refractivity contribution in [1.82, 2.24) is 24.5 Å². The quantitative estimate of drug-likeness (QED) is 0.150. The molecule has 0 bridgehead atoms. The van der Waals surface area contributed by atoms with Gasteiger partial charge in [0.1, 0.15) is 0 Å². The molecule has 6 heteroatoms. The molecule has 3 aromatic heterocycles. The van der Waals surface area contributed by atoms with E-state index in [-0.39, 0.29) is 20.1 Å². The third-order valence-corrected chi connectivity index (χ3v) is 11.3. The number of pyridine rings is 1. The summed E-state index contributed by atoms with van der Waals surface area (Å²) >= 11 is 0. The summed E-state index contributed by atoms with van der Waals surface area (Å²) in [5.41, 5.74) is 11.7. The third-order valence-electron chi connectivity index (χ3n) is 11.3. The van der Waals surface area contributed by atoms with Gasteiger partial charge in [0, 0.05) is 30.4 Å². The van der Waals surface area contributed by atoms with Crippen molar-refractivity contribution >= 4 is 0 Å². The number of para-hydroxylation sites is 2. The van der Waals surface area contributed by atoms with Gasteiger partial charge < -0.3 is 4.98 Å². The summed E-state index contributed by atoms with van der Waals surface area (Å²) in [5, 5.41) is 8.50. The van der Waals surface area contributed by atoms with Crippen molar-refractivity contribution in [2.75, 3.05) is 0 Å². The van der Waals surface area contributed by atoms with Gasteiger partial charge in [0.25, 0.3) is 0 Å². The van der Waals surface area contributed by atoms with Crippen LogP contribution < -0.4 is 0 Å². The van der Waals surface area contributed by atoms with Crippen molar-refractivity contribution < 1.29 is 20.1 Å². The number of hydrogen-bond donors (Lipinski definition) is 0. The van der Waals surface area contributed by atoms with E-state index in [2.05, 4.69) is 113 Å². The Morgan fingerprint density at radius 1 is 0.475 bits per heavy atom. The number of benzene rings is 5. The fraction of sp³-hybridized carbons (Fsp3) is 0.226. The number of aromatic nitrogens is 5. The molecule has 0 N–H and O–H groups in total. The van der Waals surface area contributed by atoms with Crippen molar-refractivity contribution in [2.24, 2.45) is 0 Å². The summed E-state index contributed by atoms with van der Waals surface area (Å²) in [7, 11) is 0. The van der Waals surface area contributed by atoms with E-state index in [9.17, 15) is 0 Å². The second-order valence-electron chi connectivity index (χ2n) is 15.2. The van der Waals surface area contributed by atoms with Gasteiger partial charge in [0.05, 0.1) is 6.20 Å². The standard InChI is InChI=1S/C23H28N.C21H15N2.C9H7N2.Ir/c1-3-7-18(8-4-1)20-11-13-21(14-12-20)23-16-15-22(17-24-23)19-9-5-2-6-10-19;1-3-7-17(8-4-1)18-11-13-19(14-12-18)20-15-22-23(16-20)21-9-5-2-6-10-21;1-2-5-9(6-3-1)11-8-4-7-10-11;/h11-13,15-19H,1-10H2;1-9,11-16H;1-5,7-8H;/q3*-1;+3. The van der Waals surface area contributed by atoms with Gasteiger partial charge in [-0.2, -0.15) is 58.7 Å². The molecule has 0 spiro atoms. The summed E-state index contributed by atoms with van der Waals surface area (Å²) in [6.07, 6.45) is 23.4. The van der Waals surface area contributed by atoms with Crippen molar-refractivity contribution in [2.45, 2.75) is 76.0 Å². The van der Waals surface area contributed by atoms with Crippen LogP contribution in [0.25, 0.3) is 44.9 Å². The normalized spacial score (nSPS) is 14.2. The Kier molecular flexibility index (Phi) is 15.0. The molecule has 8 aromatic rings. The molecule has 2 saturated carbocycles. The molecule has 0 saturated heterocycles. The zero-order valence-corrected chi connectivity index (χ0v) is 35.9. The van der Waals surface area contributed by atoms with E-state index in [1.807, 2.05) is 83.9 Å². The smallest absolute Gasteiger partial charge is 0.304 e. The Balaban J connectivity index is 0.000000142. The van der Waals surface area contributed by atoms with Crippen LogP contribution in [0.1, 0.15) is 87.2 Å². The first kappa shape index (κ1) is 41.5. The summed E-state index contributed by atoms with van der Waals surface area (Å²) in [4.78, 5) is 4.74. The summed E-state index contributed by atoms with van der Waals surface area (Å²) < 4.78 is 3.63. The fourth-order valence-corrected chi connectivity index (χ4v) is 8.08. The van der Waals surface area contributed by atoms with Crippen LogP contribution in [0.5, 0.6) is 0 Å². The van der Waals surface area contributed by atoms with E-state index in [0.717, 1.165) is 45.6 Å². The second-order valence-corrected chi connectivity index (χ2v) is 15.2. The van der Waals surface area contributed by atoms with Crippen LogP contribution in [-0.4, -0.2) is 24.5 Å². The molecule has 59 heavy (non-hydrogen) atoms. The van der Waals surface area contributed by atoms with E-state index in [0.29, 0.717) is 0 Å². The maximum atomic E-state index is 4.74. The van der Waals surface area contributed by atoms with E-state index >= 15 is 0 Å². The maximum Gasteiger partial charge on any atom is 3.00 e. The van der Waals surface area contributed by atoms with Crippen LogP contribution in [-0.2, 0) is 20.1 Å². The van der Waals surface area contributed by atoms with Crippen LogP contribution in [0.15, 0.2) is 171 Å². The monoisotopic (exact) mass is 949 g/mol. The molecule has 2 aliphatic carbocycles. The molecule has 0 atom stereocenters. The Morgan fingerprint density at radius 3 is 1.63 bits per heavy atom. The van der Waals surface area contributed by atoms with Crippen LogP contribution in [0.2, 0.25) is 0 Å². The largest absolute Gasteiger partial charge is 3.00 e. The number of rotatable bonds is 7. The zero-order chi connectivity index (χ0) is 39.2. The molecule has 2 aliphatic rings. The predicted molar refractivity (Wildman–Crippen MR) is 236 cm³/mol. The molecule has 0 unspecified atom stereocenters. The number of nitrogens with zero attached hydrogens (tertiary/aromatic N) is 5. The van der Waals surface area contributed by atoms with E-state index in [1.165, 1.54) is 86.5 Å². The van der Waals surface area contributed by atoms with Gasteiger partial charge in [0.2, 0.25) is 0 Å². The van der Waals surface area contributed by atoms with E-state index in [1.54, 1.807) is 10.9 Å². The molecule has 5 aromatic carbocycles. The van der Waals surface area contributed by atoms with Gasteiger partial charge in [-0.15, -0.1) is 47.5 Å². The second kappa shape index (κ2) is 21.4. The van der Waals surface area contributed by atoms with Gasteiger partial charge in [-0.25, -0.2) is 0 Å². The SMILES string of the molecule is [Ir+3].[c-]1cc(C2CCCCC2)ccc1-c1ccc(C2CCCCC2)cn1.[c-]1ccccc1-n1cc(-c2ccc(-c3ccccc3)cc2)cn1.[c-]1ccccc1-n1cccn1. The molecule has 0 amide bonds. The fourth-order valence-electron chi connectivity index (χ4n) is 8.08. The molecule has 3 heterocycles. The van der Waals surface area contributed by atoms with Crippen molar-refractivity contribution in [3.8, 4) is 44.9 Å². The molecule has 2 fully saturated rings. The van der Waals surface area contributed by atoms with Gasteiger partial charge >= 0.3 is 20.1 Å². The minimum absolute atomic E-state index is 0. The van der Waals surface area contributed by atoms with Gasteiger partial charge in [-0.3, -0.25) is 9.36 Å². The molecule has 0 radical (unpaired) electrons.